The Morgan fingerprint density at radius 3 is 2.70 bits per heavy atom. The molecule has 0 radical (unpaired) electrons. The molecule has 11 heteroatoms. The number of H-pyrrole nitrogens is 1. The number of methoxy groups -OCH3 is 1. The largest absolute Gasteiger partial charge is 0.467 e. The van der Waals surface area contributed by atoms with Gasteiger partial charge in [0.2, 0.25) is 0 Å². The van der Waals surface area contributed by atoms with E-state index in [0.717, 1.165) is 52.9 Å². The van der Waals surface area contributed by atoms with E-state index in [1.807, 2.05) is 24.4 Å². The van der Waals surface area contributed by atoms with Crippen molar-refractivity contribution in [1.29, 1.82) is 0 Å². The maximum Gasteiger partial charge on any atom is 0.316 e. The predicted octanol–water partition coefficient (Wildman–Crippen LogP) is 4.27. The Bertz CT molecular complexity index is 1530. The summed E-state index contributed by atoms with van der Waals surface area (Å²) in [5.74, 6) is -0.895. The van der Waals surface area contributed by atoms with Crippen LogP contribution in [0.4, 0.5) is 8.78 Å². The van der Waals surface area contributed by atoms with E-state index < -0.39 is 11.6 Å². The number of benzene rings is 2. The first kappa shape index (κ1) is 23.2. The maximum absolute atomic E-state index is 14.2. The van der Waals surface area contributed by atoms with Crippen LogP contribution in [0.1, 0.15) is 30.0 Å². The zero-order valence-electron chi connectivity index (χ0n) is 20.1. The molecule has 2 aromatic carbocycles. The number of piperidine rings is 1. The highest BCUT2D eigenvalue weighted by Gasteiger charge is 2.25. The molecule has 4 heterocycles. The van der Waals surface area contributed by atoms with E-state index in [1.54, 1.807) is 17.1 Å². The summed E-state index contributed by atoms with van der Waals surface area (Å²) >= 11 is 0. The number of nitrogens with zero attached hydrogens (tertiary/aromatic N) is 7. The summed E-state index contributed by atoms with van der Waals surface area (Å²) in [6, 6.07) is 10.2. The van der Waals surface area contributed by atoms with Crippen molar-refractivity contribution in [2.45, 2.75) is 25.3 Å². The first-order valence-electron chi connectivity index (χ1n) is 12.0. The van der Waals surface area contributed by atoms with Crippen LogP contribution in [0, 0.1) is 11.6 Å². The van der Waals surface area contributed by atoms with E-state index in [-0.39, 0.29) is 18.0 Å². The third kappa shape index (κ3) is 4.53. The molecule has 188 valence electrons. The van der Waals surface area contributed by atoms with Crippen LogP contribution in [-0.4, -0.2) is 60.3 Å². The van der Waals surface area contributed by atoms with Crippen molar-refractivity contribution in [3.63, 3.8) is 0 Å². The molecule has 0 unspecified atom stereocenters. The fourth-order valence-corrected chi connectivity index (χ4v) is 4.85. The quantitative estimate of drug-likeness (QED) is 0.370. The Kier molecular flexibility index (Phi) is 6.05. The van der Waals surface area contributed by atoms with Crippen molar-refractivity contribution in [1.82, 2.24) is 40.1 Å². The summed E-state index contributed by atoms with van der Waals surface area (Å²) in [5.41, 5.74) is 4.16. The van der Waals surface area contributed by atoms with Gasteiger partial charge in [0.15, 0.2) is 0 Å². The van der Waals surface area contributed by atoms with Crippen LogP contribution in [-0.2, 0) is 6.54 Å². The summed E-state index contributed by atoms with van der Waals surface area (Å²) in [6.45, 7) is 1.68. The number of likely N-dealkylation sites (tertiary alicyclic amines) is 1. The second-order valence-electron chi connectivity index (χ2n) is 9.12. The van der Waals surface area contributed by atoms with E-state index >= 15 is 0 Å². The average molecular weight is 503 g/mol. The minimum atomic E-state index is -0.511. The van der Waals surface area contributed by atoms with Gasteiger partial charge in [-0.2, -0.15) is 5.10 Å². The van der Waals surface area contributed by atoms with Crippen LogP contribution in [0.25, 0.3) is 27.8 Å². The minimum Gasteiger partial charge on any atom is -0.467 e. The molecule has 0 spiro atoms. The molecule has 1 fully saturated rings. The highest BCUT2D eigenvalue weighted by Crippen LogP contribution is 2.30. The maximum atomic E-state index is 14.2. The van der Waals surface area contributed by atoms with Gasteiger partial charge in [0.1, 0.15) is 17.3 Å². The van der Waals surface area contributed by atoms with Crippen LogP contribution >= 0.6 is 0 Å². The summed E-state index contributed by atoms with van der Waals surface area (Å²) < 4.78 is 35.1. The summed E-state index contributed by atoms with van der Waals surface area (Å²) in [6.07, 6.45) is 7.13. The Labute approximate surface area is 211 Å². The normalized spacial score (nSPS) is 16.4. The summed E-state index contributed by atoms with van der Waals surface area (Å²) in [5, 5.41) is 17.2. The smallest absolute Gasteiger partial charge is 0.316 e. The number of ether oxygens (including phenoxy) is 1. The number of nitrogens with one attached hydrogen (secondary N) is 1. The Morgan fingerprint density at radius 2 is 1.92 bits per heavy atom. The van der Waals surface area contributed by atoms with Crippen LogP contribution in [0.2, 0.25) is 0 Å². The zero-order valence-corrected chi connectivity index (χ0v) is 20.1. The number of aromatic amines is 1. The predicted molar refractivity (Wildman–Crippen MR) is 132 cm³/mol. The Balaban J connectivity index is 1.23. The van der Waals surface area contributed by atoms with E-state index in [4.69, 9.17) is 4.74 Å². The molecule has 0 aliphatic carbocycles. The number of hydrogen-bond donors (Lipinski definition) is 1. The average Bonchev–Trinajstić information content (AvgIpc) is 3.59. The molecular weight excluding hydrogens is 478 g/mol. The molecule has 1 saturated heterocycles. The van der Waals surface area contributed by atoms with Gasteiger partial charge >= 0.3 is 6.01 Å². The highest BCUT2D eigenvalue weighted by atomic mass is 19.1. The van der Waals surface area contributed by atoms with Crippen molar-refractivity contribution < 1.29 is 13.5 Å². The van der Waals surface area contributed by atoms with E-state index in [2.05, 4.69) is 35.4 Å². The molecule has 0 amide bonds. The first-order chi connectivity index (χ1) is 18.1. The van der Waals surface area contributed by atoms with Gasteiger partial charge in [-0.3, -0.25) is 10.00 Å². The molecule has 1 atom stereocenters. The lowest BCUT2D eigenvalue weighted by atomic mass is 9.95. The van der Waals surface area contributed by atoms with Crippen LogP contribution in [0.15, 0.2) is 55.0 Å². The SMILES string of the molecule is COc1ncc(-c2n[nH]c3ccc(-n4cc([C@@H]5CCCN(Cc6c(F)cccc6F)C5)nn4)cc23)cn1. The van der Waals surface area contributed by atoms with Gasteiger partial charge in [-0.25, -0.2) is 23.4 Å². The highest BCUT2D eigenvalue weighted by molar-refractivity contribution is 5.93. The van der Waals surface area contributed by atoms with E-state index in [9.17, 15) is 8.78 Å². The monoisotopic (exact) mass is 502 g/mol. The van der Waals surface area contributed by atoms with Gasteiger partial charge in [0.05, 0.1) is 30.2 Å². The second-order valence-corrected chi connectivity index (χ2v) is 9.12. The molecule has 1 aliphatic heterocycles. The lowest BCUT2D eigenvalue weighted by Gasteiger charge is -2.31. The van der Waals surface area contributed by atoms with E-state index in [1.165, 1.54) is 25.3 Å². The molecule has 5 aromatic rings. The molecule has 6 rings (SSSR count). The molecule has 3 aromatic heterocycles. The van der Waals surface area contributed by atoms with Gasteiger partial charge < -0.3 is 4.74 Å². The fourth-order valence-electron chi connectivity index (χ4n) is 4.85. The van der Waals surface area contributed by atoms with Crippen LogP contribution < -0.4 is 4.74 Å². The zero-order chi connectivity index (χ0) is 25.4. The standard InChI is InChI=1S/C26H24F2N8O/c1-37-26-29-11-17(12-30-26)25-19-10-18(7-8-23(19)31-33-25)36-15-24(32-34-36)16-4-3-9-35(13-16)14-20-21(27)5-2-6-22(20)28/h2,5-8,10-12,15-16H,3-4,9,13-14H2,1H3,(H,31,33)/t16-/m1/s1. The molecule has 0 bridgehead atoms. The van der Waals surface area contributed by atoms with Crippen LogP contribution in [0.5, 0.6) is 6.01 Å². The molecule has 37 heavy (non-hydrogen) atoms. The van der Waals surface area contributed by atoms with Gasteiger partial charge in [0.25, 0.3) is 0 Å². The van der Waals surface area contributed by atoms with Gasteiger partial charge in [-0.15, -0.1) is 5.10 Å². The third-order valence-electron chi connectivity index (χ3n) is 6.77. The molecule has 1 N–H and O–H groups in total. The van der Waals surface area contributed by atoms with Gasteiger partial charge in [-0.1, -0.05) is 11.3 Å². The van der Waals surface area contributed by atoms with Crippen molar-refractivity contribution in [2.75, 3.05) is 20.2 Å². The topological polar surface area (TPSA) is 97.6 Å². The van der Waals surface area contributed by atoms with Crippen LogP contribution in [0.3, 0.4) is 0 Å². The summed E-state index contributed by atoms with van der Waals surface area (Å²) in [7, 11) is 1.52. The molecular formula is C26H24F2N8O. The first-order valence-corrected chi connectivity index (χ1v) is 12.0. The number of aromatic nitrogens is 7. The Hall–Kier alpha value is -4.25. The molecule has 9 nitrogen and oxygen atoms in total. The number of halogens is 2. The summed E-state index contributed by atoms with van der Waals surface area (Å²) in [4.78, 5) is 10.4. The molecule has 0 saturated carbocycles. The number of fused-ring (bicyclic) bond motifs is 1. The lowest BCUT2D eigenvalue weighted by molar-refractivity contribution is 0.194. The number of rotatable bonds is 6. The fraction of sp³-hybridized carbons (Fsp3) is 0.269. The van der Waals surface area contributed by atoms with Crippen molar-refractivity contribution in [2.24, 2.45) is 0 Å². The van der Waals surface area contributed by atoms with Crippen molar-refractivity contribution >= 4 is 10.9 Å². The van der Waals surface area contributed by atoms with E-state index in [0.29, 0.717) is 12.6 Å². The van der Waals surface area contributed by atoms with Gasteiger partial charge in [0, 0.05) is 47.9 Å². The second kappa shape index (κ2) is 9.66. The number of hydrogen-bond acceptors (Lipinski definition) is 7. The lowest BCUT2D eigenvalue weighted by Crippen LogP contribution is -2.34. The molecule has 1 aliphatic rings. The third-order valence-corrected chi connectivity index (χ3v) is 6.77. The minimum absolute atomic E-state index is 0.110. The van der Waals surface area contributed by atoms with Crippen molar-refractivity contribution in [3.8, 4) is 23.0 Å². The van der Waals surface area contributed by atoms with Crippen molar-refractivity contribution in [3.05, 3.63) is 77.9 Å². The van der Waals surface area contributed by atoms with Gasteiger partial charge in [-0.05, 0) is 49.7 Å². The Morgan fingerprint density at radius 1 is 1.11 bits per heavy atom.